The summed E-state index contributed by atoms with van der Waals surface area (Å²) in [5, 5.41) is 13.1. The third-order valence-electron chi connectivity index (χ3n) is 5.97. The fraction of sp³-hybridized carbons (Fsp3) is 0.217. The van der Waals surface area contributed by atoms with Crippen LogP contribution < -0.4 is 15.5 Å². The van der Waals surface area contributed by atoms with Crippen molar-refractivity contribution in [3.05, 3.63) is 70.8 Å². The first-order valence-corrected chi connectivity index (χ1v) is 10.8. The van der Waals surface area contributed by atoms with Gasteiger partial charge in [-0.15, -0.1) is 10.2 Å². The third kappa shape index (κ3) is 4.16. The van der Waals surface area contributed by atoms with Crippen molar-refractivity contribution in [2.75, 3.05) is 41.7 Å². The van der Waals surface area contributed by atoms with Gasteiger partial charge in [-0.2, -0.15) is 13.2 Å². The van der Waals surface area contributed by atoms with Crippen molar-refractivity contribution in [3.8, 4) is 0 Å². The van der Waals surface area contributed by atoms with Gasteiger partial charge in [-0.25, -0.2) is 8.78 Å². The second-order valence-electron chi connectivity index (χ2n) is 8.15. The normalized spacial score (nSPS) is 15.4. The molecule has 2 N–H and O–H groups in total. The molecule has 0 aliphatic carbocycles. The molecule has 0 saturated carbocycles. The number of hydrogen-bond acceptors (Lipinski definition) is 6. The van der Waals surface area contributed by atoms with Crippen LogP contribution in [-0.2, 0) is 6.18 Å². The summed E-state index contributed by atoms with van der Waals surface area (Å²) in [4.78, 5) is 28.6. The standard InChI is InChI=1S/C23H17F5N6O2/c24-15-5-6-16-19(18(15)25)30-20-13(21(35)29-16)11-17(31-32-20)33-7-9-34(10-8-33)22(36)12-3-1-2-4-14(12)23(26,27)28/h1-6,11H,7-10H2,(H,29,35)(H,30,32). The molecule has 0 radical (unpaired) electrons. The molecule has 0 atom stereocenters. The lowest BCUT2D eigenvalue weighted by atomic mass is 10.1. The first kappa shape index (κ1) is 23.5. The minimum absolute atomic E-state index is 0.0321. The van der Waals surface area contributed by atoms with E-state index in [4.69, 9.17) is 0 Å². The second-order valence-corrected chi connectivity index (χ2v) is 8.15. The summed E-state index contributed by atoms with van der Waals surface area (Å²) < 4.78 is 67.8. The highest BCUT2D eigenvalue weighted by molar-refractivity contribution is 6.11. The number of nitrogens with one attached hydrogen (secondary N) is 2. The summed E-state index contributed by atoms with van der Waals surface area (Å²) in [6.45, 7) is 0.680. The van der Waals surface area contributed by atoms with Crippen LogP contribution in [0.2, 0.25) is 0 Å². The first-order chi connectivity index (χ1) is 17.1. The van der Waals surface area contributed by atoms with E-state index in [1.807, 2.05) is 0 Å². The molecule has 1 aromatic heterocycles. The van der Waals surface area contributed by atoms with Crippen molar-refractivity contribution >= 4 is 34.8 Å². The van der Waals surface area contributed by atoms with Gasteiger partial charge in [0.2, 0.25) is 0 Å². The molecular weight excluding hydrogens is 487 g/mol. The Bertz CT molecular complexity index is 1370. The zero-order valence-corrected chi connectivity index (χ0v) is 18.4. The first-order valence-electron chi connectivity index (χ1n) is 10.8. The Morgan fingerprint density at radius 2 is 1.67 bits per heavy atom. The highest BCUT2D eigenvalue weighted by Crippen LogP contribution is 2.35. The fourth-order valence-electron chi connectivity index (χ4n) is 4.11. The van der Waals surface area contributed by atoms with E-state index in [0.717, 1.165) is 18.2 Å². The summed E-state index contributed by atoms with van der Waals surface area (Å²) in [5.74, 6) is -3.42. The summed E-state index contributed by atoms with van der Waals surface area (Å²) in [6.07, 6.45) is -4.66. The molecular formula is C23H17F5N6O2. The van der Waals surface area contributed by atoms with Crippen molar-refractivity contribution in [2.24, 2.45) is 0 Å². The molecule has 0 unspecified atom stereocenters. The topological polar surface area (TPSA) is 90.5 Å². The van der Waals surface area contributed by atoms with E-state index in [2.05, 4.69) is 20.8 Å². The van der Waals surface area contributed by atoms with Crippen LogP contribution in [0, 0.1) is 11.6 Å². The largest absolute Gasteiger partial charge is 0.417 e. The van der Waals surface area contributed by atoms with E-state index in [9.17, 15) is 31.5 Å². The number of nitrogens with zero attached hydrogens (tertiary/aromatic N) is 4. The molecule has 1 fully saturated rings. The van der Waals surface area contributed by atoms with Gasteiger partial charge in [-0.05, 0) is 30.3 Å². The quantitative estimate of drug-likeness (QED) is 0.512. The molecule has 186 valence electrons. The van der Waals surface area contributed by atoms with Gasteiger partial charge in [0.25, 0.3) is 11.8 Å². The smallest absolute Gasteiger partial charge is 0.352 e. The maximum absolute atomic E-state index is 14.2. The maximum Gasteiger partial charge on any atom is 0.417 e. The number of hydrogen-bond donors (Lipinski definition) is 2. The monoisotopic (exact) mass is 504 g/mol. The zero-order chi connectivity index (χ0) is 25.6. The molecule has 2 amide bonds. The number of rotatable bonds is 2. The number of halogens is 5. The number of aromatic nitrogens is 2. The summed E-state index contributed by atoms with van der Waals surface area (Å²) >= 11 is 0. The zero-order valence-electron chi connectivity index (χ0n) is 18.4. The van der Waals surface area contributed by atoms with E-state index >= 15 is 0 Å². The lowest BCUT2D eigenvalue weighted by Crippen LogP contribution is -2.49. The molecule has 5 rings (SSSR count). The number of amides is 2. The Hall–Kier alpha value is -4.29. The van der Waals surface area contributed by atoms with Gasteiger partial charge < -0.3 is 20.4 Å². The number of fused-ring (bicyclic) bond motifs is 2. The predicted molar refractivity (Wildman–Crippen MR) is 119 cm³/mol. The van der Waals surface area contributed by atoms with Crippen molar-refractivity contribution in [1.29, 1.82) is 0 Å². The Morgan fingerprint density at radius 1 is 0.944 bits per heavy atom. The summed E-state index contributed by atoms with van der Waals surface area (Å²) in [5.41, 5.74) is -1.63. The molecule has 8 nitrogen and oxygen atoms in total. The van der Waals surface area contributed by atoms with Gasteiger partial charge in [0, 0.05) is 26.2 Å². The number of anilines is 4. The maximum atomic E-state index is 14.2. The predicted octanol–water partition coefficient (Wildman–Crippen LogP) is 4.05. The number of alkyl halides is 3. The van der Waals surface area contributed by atoms with Crippen LogP contribution in [0.15, 0.2) is 42.5 Å². The van der Waals surface area contributed by atoms with Crippen molar-refractivity contribution in [2.45, 2.75) is 6.18 Å². The van der Waals surface area contributed by atoms with Gasteiger partial charge in [-0.1, -0.05) is 12.1 Å². The van der Waals surface area contributed by atoms with Crippen LogP contribution >= 0.6 is 0 Å². The lowest BCUT2D eigenvalue weighted by molar-refractivity contribution is -0.138. The highest BCUT2D eigenvalue weighted by atomic mass is 19.4. The molecule has 36 heavy (non-hydrogen) atoms. The summed E-state index contributed by atoms with van der Waals surface area (Å²) in [7, 11) is 0. The van der Waals surface area contributed by atoms with Gasteiger partial charge in [0.05, 0.1) is 22.4 Å². The molecule has 2 aliphatic heterocycles. The van der Waals surface area contributed by atoms with Crippen LogP contribution in [0.4, 0.5) is 45.0 Å². The van der Waals surface area contributed by atoms with Crippen LogP contribution in [0.1, 0.15) is 26.3 Å². The molecule has 0 bridgehead atoms. The average Bonchev–Trinajstić information content (AvgIpc) is 3.01. The van der Waals surface area contributed by atoms with Crippen molar-refractivity contribution in [3.63, 3.8) is 0 Å². The molecule has 13 heteroatoms. The minimum Gasteiger partial charge on any atom is -0.352 e. The Kier molecular flexibility index (Phi) is 5.69. The molecule has 3 aromatic rings. The molecule has 3 heterocycles. The van der Waals surface area contributed by atoms with Crippen LogP contribution in [0.3, 0.4) is 0 Å². The van der Waals surface area contributed by atoms with Gasteiger partial charge in [0.15, 0.2) is 23.3 Å². The Morgan fingerprint density at radius 3 is 2.39 bits per heavy atom. The Balaban J connectivity index is 1.33. The summed E-state index contributed by atoms with van der Waals surface area (Å²) in [6, 6.07) is 8.13. The number of benzene rings is 2. The Labute approximate surface area is 200 Å². The van der Waals surface area contributed by atoms with Crippen LogP contribution in [0.5, 0.6) is 0 Å². The third-order valence-corrected chi connectivity index (χ3v) is 5.97. The average molecular weight is 504 g/mol. The fourth-order valence-corrected chi connectivity index (χ4v) is 4.11. The molecule has 0 spiro atoms. The van der Waals surface area contributed by atoms with Crippen molar-refractivity contribution < 1.29 is 31.5 Å². The minimum atomic E-state index is -4.66. The van der Waals surface area contributed by atoms with E-state index in [1.165, 1.54) is 29.2 Å². The molecule has 2 aromatic carbocycles. The SMILES string of the molecule is O=C1Nc2ccc(F)c(F)c2Nc2nnc(N3CCN(C(=O)c4ccccc4C(F)(F)F)CC3)cc21. The van der Waals surface area contributed by atoms with Crippen molar-refractivity contribution in [1.82, 2.24) is 15.1 Å². The number of carbonyl (C=O) groups excluding carboxylic acids is 2. The number of carbonyl (C=O) groups is 2. The van der Waals surface area contributed by atoms with Crippen LogP contribution in [0.25, 0.3) is 0 Å². The van der Waals surface area contributed by atoms with E-state index in [-0.39, 0.29) is 54.8 Å². The van der Waals surface area contributed by atoms with Crippen LogP contribution in [-0.4, -0.2) is 53.1 Å². The lowest BCUT2D eigenvalue weighted by Gasteiger charge is -2.35. The van der Waals surface area contributed by atoms with Gasteiger partial charge in [-0.3, -0.25) is 9.59 Å². The number of piperazine rings is 1. The molecule has 2 aliphatic rings. The van der Waals surface area contributed by atoms with E-state index in [1.54, 1.807) is 4.90 Å². The van der Waals surface area contributed by atoms with E-state index in [0.29, 0.717) is 0 Å². The van der Waals surface area contributed by atoms with Gasteiger partial charge in [0.1, 0.15) is 5.69 Å². The highest BCUT2D eigenvalue weighted by Gasteiger charge is 2.36. The molecule has 1 saturated heterocycles. The van der Waals surface area contributed by atoms with Gasteiger partial charge >= 0.3 is 6.18 Å². The van der Waals surface area contributed by atoms with E-state index < -0.39 is 40.8 Å². The second kappa shape index (κ2) is 8.73.